The van der Waals surface area contributed by atoms with Crippen LogP contribution < -0.4 is 9.47 Å². The standard InChI is InChI=1S/C24H26O6/c1-4-23(25)29-16-14-27-21-10-6-19(7-11-21)18(3)20-8-12-22(13-9-20)28-15-17-30-24(26)5-2/h4-13,18H,1-2,14-17H2,3H3. The second kappa shape index (κ2) is 12.1. The van der Waals surface area contributed by atoms with Gasteiger partial charge in [0.15, 0.2) is 0 Å². The molecule has 6 nitrogen and oxygen atoms in total. The molecule has 0 radical (unpaired) electrons. The van der Waals surface area contributed by atoms with Gasteiger partial charge in [-0.2, -0.15) is 0 Å². The van der Waals surface area contributed by atoms with Crippen LogP contribution in [0.5, 0.6) is 11.5 Å². The first-order valence-electron chi connectivity index (χ1n) is 9.57. The molecule has 0 fully saturated rings. The highest BCUT2D eigenvalue weighted by Gasteiger charge is 2.09. The van der Waals surface area contributed by atoms with Crippen molar-refractivity contribution in [2.24, 2.45) is 0 Å². The molecule has 6 heteroatoms. The van der Waals surface area contributed by atoms with Crippen molar-refractivity contribution in [3.8, 4) is 11.5 Å². The van der Waals surface area contributed by atoms with Crippen molar-refractivity contribution in [1.82, 2.24) is 0 Å². The quantitative estimate of drug-likeness (QED) is 0.299. The van der Waals surface area contributed by atoms with Crippen LogP contribution in [-0.2, 0) is 19.1 Å². The van der Waals surface area contributed by atoms with E-state index in [1.807, 2.05) is 48.5 Å². The van der Waals surface area contributed by atoms with E-state index in [2.05, 4.69) is 20.1 Å². The van der Waals surface area contributed by atoms with Crippen molar-refractivity contribution in [2.75, 3.05) is 26.4 Å². The minimum absolute atomic E-state index is 0.175. The molecule has 0 aliphatic carbocycles. The lowest BCUT2D eigenvalue weighted by atomic mass is 9.93. The third kappa shape index (κ3) is 7.47. The zero-order valence-corrected chi connectivity index (χ0v) is 17.0. The first-order valence-corrected chi connectivity index (χ1v) is 9.57. The van der Waals surface area contributed by atoms with Crippen LogP contribution in [0.25, 0.3) is 0 Å². The van der Waals surface area contributed by atoms with E-state index in [1.165, 1.54) is 0 Å². The first kappa shape index (κ1) is 22.7. The number of hydrogen-bond acceptors (Lipinski definition) is 6. The third-order valence-electron chi connectivity index (χ3n) is 4.29. The van der Waals surface area contributed by atoms with E-state index in [-0.39, 0.29) is 32.3 Å². The number of hydrogen-bond donors (Lipinski definition) is 0. The van der Waals surface area contributed by atoms with E-state index in [9.17, 15) is 9.59 Å². The second-order valence-corrected chi connectivity index (χ2v) is 6.30. The van der Waals surface area contributed by atoms with Crippen LogP contribution in [0.4, 0.5) is 0 Å². The van der Waals surface area contributed by atoms with Gasteiger partial charge in [0.1, 0.15) is 37.9 Å². The van der Waals surface area contributed by atoms with Gasteiger partial charge >= 0.3 is 11.9 Å². The highest BCUT2D eigenvalue weighted by molar-refractivity contribution is 5.81. The SMILES string of the molecule is C=CC(=O)OCCOc1ccc(C(C)c2ccc(OCCOC(=O)C=C)cc2)cc1. The minimum Gasteiger partial charge on any atom is -0.490 e. The molecular formula is C24H26O6. The van der Waals surface area contributed by atoms with Crippen LogP contribution in [0.15, 0.2) is 73.8 Å². The average Bonchev–Trinajstić information content (AvgIpc) is 2.79. The predicted octanol–water partition coefficient (Wildman–Crippen LogP) is 4.05. The molecule has 2 aromatic carbocycles. The highest BCUT2D eigenvalue weighted by Crippen LogP contribution is 2.27. The second-order valence-electron chi connectivity index (χ2n) is 6.30. The van der Waals surface area contributed by atoms with Crippen molar-refractivity contribution in [1.29, 1.82) is 0 Å². The Hall–Kier alpha value is -3.54. The van der Waals surface area contributed by atoms with E-state index in [0.717, 1.165) is 23.3 Å². The zero-order chi connectivity index (χ0) is 21.8. The number of carbonyl (C=O) groups is 2. The Morgan fingerprint density at radius 2 is 1.10 bits per heavy atom. The predicted molar refractivity (Wildman–Crippen MR) is 114 cm³/mol. The van der Waals surface area contributed by atoms with Gasteiger partial charge in [-0.3, -0.25) is 0 Å². The van der Waals surface area contributed by atoms with Gasteiger partial charge in [-0.15, -0.1) is 0 Å². The summed E-state index contributed by atoms with van der Waals surface area (Å²) < 4.78 is 20.9. The van der Waals surface area contributed by atoms with Crippen LogP contribution >= 0.6 is 0 Å². The molecule has 158 valence electrons. The van der Waals surface area contributed by atoms with E-state index in [1.54, 1.807) is 0 Å². The fourth-order valence-corrected chi connectivity index (χ4v) is 2.62. The topological polar surface area (TPSA) is 71.1 Å². The Kier molecular flexibility index (Phi) is 9.18. The summed E-state index contributed by atoms with van der Waals surface area (Å²) in [5.74, 6) is 0.684. The molecule has 0 spiro atoms. The normalized spacial score (nSPS) is 10.2. The largest absolute Gasteiger partial charge is 0.490 e. The highest BCUT2D eigenvalue weighted by atomic mass is 16.6. The number of carbonyl (C=O) groups excluding carboxylic acids is 2. The molecule has 0 amide bonds. The molecule has 0 N–H and O–H groups in total. The molecule has 0 aromatic heterocycles. The molecule has 0 heterocycles. The van der Waals surface area contributed by atoms with Crippen molar-refractivity contribution in [3.05, 3.63) is 85.0 Å². The fourth-order valence-electron chi connectivity index (χ4n) is 2.62. The summed E-state index contributed by atoms with van der Waals surface area (Å²) in [4.78, 5) is 22.0. The molecule has 0 aliphatic rings. The van der Waals surface area contributed by atoms with Gasteiger partial charge in [-0.25, -0.2) is 9.59 Å². The summed E-state index contributed by atoms with van der Waals surface area (Å²) in [6.45, 7) is 9.71. The lowest BCUT2D eigenvalue weighted by molar-refractivity contribution is -0.139. The average molecular weight is 410 g/mol. The molecule has 0 atom stereocenters. The maximum Gasteiger partial charge on any atom is 0.330 e. The van der Waals surface area contributed by atoms with Crippen LogP contribution in [0, 0.1) is 0 Å². The molecule has 2 aromatic rings. The van der Waals surface area contributed by atoms with Gasteiger partial charge in [0.05, 0.1) is 0 Å². The van der Waals surface area contributed by atoms with E-state index < -0.39 is 11.9 Å². The third-order valence-corrected chi connectivity index (χ3v) is 4.29. The summed E-state index contributed by atoms with van der Waals surface area (Å²) in [5, 5.41) is 0. The number of benzene rings is 2. The molecule has 0 bridgehead atoms. The van der Waals surface area contributed by atoms with Gasteiger partial charge < -0.3 is 18.9 Å². The maximum atomic E-state index is 11.0. The van der Waals surface area contributed by atoms with Gasteiger partial charge in [0.25, 0.3) is 0 Å². The van der Waals surface area contributed by atoms with Crippen molar-refractivity contribution < 1.29 is 28.5 Å². The monoisotopic (exact) mass is 410 g/mol. The fraction of sp³-hybridized carbons (Fsp3) is 0.250. The summed E-state index contributed by atoms with van der Waals surface area (Å²) in [6, 6.07) is 15.6. The Bertz CT molecular complexity index is 768. The van der Waals surface area contributed by atoms with Crippen LogP contribution in [-0.4, -0.2) is 38.4 Å². The van der Waals surface area contributed by atoms with Crippen molar-refractivity contribution >= 4 is 11.9 Å². The molecule has 0 unspecified atom stereocenters. The number of esters is 2. The molecule has 0 aliphatic heterocycles. The van der Waals surface area contributed by atoms with Gasteiger partial charge in [0.2, 0.25) is 0 Å². The zero-order valence-electron chi connectivity index (χ0n) is 17.0. The Labute approximate surface area is 176 Å². The lowest BCUT2D eigenvalue weighted by Crippen LogP contribution is -2.10. The molecule has 0 saturated heterocycles. The summed E-state index contributed by atoms with van der Waals surface area (Å²) in [5.41, 5.74) is 2.29. The molecule has 0 saturated carbocycles. The summed E-state index contributed by atoms with van der Waals surface area (Å²) in [6.07, 6.45) is 2.24. The van der Waals surface area contributed by atoms with E-state index in [4.69, 9.17) is 18.9 Å². The van der Waals surface area contributed by atoms with Gasteiger partial charge in [-0.05, 0) is 35.4 Å². The molecule has 2 rings (SSSR count). The van der Waals surface area contributed by atoms with Crippen molar-refractivity contribution in [2.45, 2.75) is 12.8 Å². The Balaban J connectivity index is 1.81. The van der Waals surface area contributed by atoms with E-state index in [0.29, 0.717) is 11.5 Å². The Morgan fingerprint density at radius 3 is 1.43 bits per heavy atom. The maximum absolute atomic E-state index is 11.0. The van der Waals surface area contributed by atoms with Gasteiger partial charge in [0, 0.05) is 18.1 Å². The summed E-state index contributed by atoms with van der Waals surface area (Å²) in [7, 11) is 0. The molecule has 30 heavy (non-hydrogen) atoms. The number of ether oxygens (including phenoxy) is 4. The Morgan fingerprint density at radius 1 is 0.733 bits per heavy atom. The minimum atomic E-state index is -0.463. The van der Waals surface area contributed by atoms with E-state index >= 15 is 0 Å². The van der Waals surface area contributed by atoms with Crippen molar-refractivity contribution in [3.63, 3.8) is 0 Å². The van der Waals surface area contributed by atoms with Crippen LogP contribution in [0.2, 0.25) is 0 Å². The van der Waals surface area contributed by atoms with Crippen LogP contribution in [0.1, 0.15) is 24.0 Å². The van der Waals surface area contributed by atoms with Gasteiger partial charge in [-0.1, -0.05) is 44.3 Å². The first-order chi connectivity index (χ1) is 14.5. The smallest absolute Gasteiger partial charge is 0.330 e. The number of rotatable bonds is 12. The van der Waals surface area contributed by atoms with Crippen LogP contribution in [0.3, 0.4) is 0 Å². The molecular weight excluding hydrogens is 384 g/mol. The lowest BCUT2D eigenvalue weighted by Gasteiger charge is -2.14. The summed E-state index contributed by atoms with van der Waals surface area (Å²) >= 11 is 0.